The second kappa shape index (κ2) is 6.60. The molecule has 18 heavy (non-hydrogen) atoms. The van der Waals surface area contributed by atoms with E-state index in [4.69, 9.17) is 20.9 Å². The number of primary amides is 1. The average molecular weight is 256 g/mol. The third kappa shape index (κ3) is 3.74. The number of esters is 1. The van der Waals surface area contributed by atoms with Gasteiger partial charge in [0.1, 0.15) is 12.4 Å². The number of anilines is 1. The first-order chi connectivity index (χ1) is 8.56. The van der Waals surface area contributed by atoms with Gasteiger partial charge in [-0.15, -0.1) is 0 Å². The van der Waals surface area contributed by atoms with Gasteiger partial charge >= 0.3 is 5.97 Å². The highest BCUT2D eigenvalue weighted by atomic mass is 16.5. The lowest BCUT2D eigenvalue weighted by Gasteiger charge is -2.05. The van der Waals surface area contributed by atoms with Crippen molar-refractivity contribution in [3.63, 3.8) is 0 Å². The van der Waals surface area contributed by atoms with Crippen LogP contribution in [-0.4, -0.2) is 41.2 Å². The third-order valence-corrected chi connectivity index (χ3v) is 2.07. The Balaban J connectivity index is 2.52. The molecule has 4 N–H and O–H groups in total. The Bertz CT molecular complexity index is 430. The van der Waals surface area contributed by atoms with Gasteiger partial charge in [0.15, 0.2) is 5.69 Å². The maximum atomic E-state index is 11.4. The van der Waals surface area contributed by atoms with Crippen molar-refractivity contribution in [1.82, 2.24) is 9.55 Å². The van der Waals surface area contributed by atoms with Crippen LogP contribution in [0.3, 0.4) is 0 Å². The van der Waals surface area contributed by atoms with Crippen LogP contribution >= 0.6 is 0 Å². The topological polar surface area (TPSA) is 122 Å². The van der Waals surface area contributed by atoms with Gasteiger partial charge in [-0.3, -0.25) is 4.79 Å². The Hall–Kier alpha value is -2.09. The number of amides is 1. The number of carbonyl (C=O) groups is 2. The summed E-state index contributed by atoms with van der Waals surface area (Å²) in [6.45, 7) is 2.41. The van der Waals surface area contributed by atoms with E-state index in [1.165, 1.54) is 10.9 Å². The van der Waals surface area contributed by atoms with Gasteiger partial charge < -0.3 is 25.5 Å². The quantitative estimate of drug-likeness (QED) is 0.483. The maximum absolute atomic E-state index is 11.4. The summed E-state index contributed by atoms with van der Waals surface area (Å²) in [6, 6.07) is 0. The molecule has 0 radical (unpaired) electrons. The lowest BCUT2D eigenvalue weighted by Crippen LogP contribution is -2.20. The number of nitrogen functional groups attached to an aromatic ring is 1. The summed E-state index contributed by atoms with van der Waals surface area (Å²) in [7, 11) is 0. The molecule has 1 amide bonds. The first-order valence-corrected chi connectivity index (χ1v) is 5.40. The predicted molar refractivity (Wildman–Crippen MR) is 62.6 cm³/mol. The Labute approximate surface area is 104 Å². The normalized spacial score (nSPS) is 10.3. The molecule has 1 aromatic rings. The molecule has 0 spiro atoms. The van der Waals surface area contributed by atoms with Gasteiger partial charge in [-0.1, -0.05) is 0 Å². The van der Waals surface area contributed by atoms with Crippen molar-refractivity contribution in [3.05, 3.63) is 12.0 Å². The zero-order chi connectivity index (χ0) is 13.5. The van der Waals surface area contributed by atoms with Gasteiger partial charge in [0, 0.05) is 6.54 Å². The Morgan fingerprint density at radius 2 is 2.22 bits per heavy atom. The van der Waals surface area contributed by atoms with Crippen molar-refractivity contribution in [2.45, 2.75) is 13.5 Å². The molecule has 0 bridgehead atoms. The van der Waals surface area contributed by atoms with Crippen molar-refractivity contribution in [3.8, 4) is 0 Å². The van der Waals surface area contributed by atoms with Crippen LogP contribution in [0.2, 0.25) is 0 Å². The van der Waals surface area contributed by atoms with E-state index < -0.39 is 11.9 Å². The number of rotatable bonds is 7. The van der Waals surface area contributed by atoms with Crippen molar-refractivity contribution >= 4 is 17.7 Å². The molecule has 0 aliphatic carbocycles. The highest BCUT2D eigenvalue weighted by Crippen LogP contribution is 2.11. The van der Waals surface area contributed by atoms with Crippen LogP contribution in [-0.2, 0) is 20.8 Å². The number of ether oxygens (including phenoxy) is 2. The molecule has 1 aromatic heterocycles. The van der Waals surface area contributed by atoms with E-state index in [-0.39, 0.29) is 31.3 Å². The molecule has 0 aromatic carbocycles. The van der Waals surface area contributed by atoms with E-state index >= 15 is 0 Å². The largest absolute Gasteiger partial charge is 0.461 e. The van der Waals surface area contributed by atoms with Crippen molar-refractivity contribution in [2.75, 3.05) is 25.6 Å². The monoisotopic (exact) mass is 256 g/mol. The van der Waals surface area contributed by atoms with Gasteiger partial charge in [-0.05, 0) is 6.92 Å². The minimum absolute atomic E-state index is 0.0757. The van der Waals surface area contributed by atoms with E-state index in [1.807, 2.05) is 0 Å². The van der Waals surface area contributed by atoms with E-state index in [2.05, 4.69) is 4.98 Å². The lowest BCUT2D eigenvalue weighted by atomic mass is 10.4. The summed E-state index contributed by atoms with van der Waals surface area (Å²) < 4.78 is 11.3. The summed E-state index contributed by atoms with van der Waals surface area (Å²) in [6.07, 6.45) is 1.41. The fourth-order valence-corrected chi connectivity index (χ4v) is 1.26. The smallest absolute Gasteiger partial charge is 0.360 e. The standard InChI is InChI=1S/C10H16N4O4/c1-2-18-10(16)8-9(12)14(6-13-8)3-4-17-5-7(11)15/h6H,2-5,12H2,1H3,(H2,11,15). The van der Waals surface area contributed by atoms with E-state index in [1.54, 1.807) is 6.92 Å². The molecule has 0 unspecified atom stereocenters. The van der Waals surface area contributed by atoms with Gasteiger partial charge in [0.25, 0.3) is 0 Å². The van der Waals surface area contributed by atoms with Crippen molar-refractivity contribution < 1.29 is 19.1 Å². The number of imidazole rings is 1. The summed E-state index contributed by atoms with van der Waals surface area (Å²) in [4.78, 5) is 25.7. The number of hydrogen-bond acceptors (Lipinski definition) is 6. The van der Waals surface area contributed by atoms with Crippen LogP contribution in [0.4, 0.5) is 5.82 Å². The molecule has 0 aliphatic rings. The summed E-state index contributed by atoms with van der Waals surface area (Å²) in [5, 5.41) is 0. The van der Waals surface area contributed by atoms with Gasteiger partial charge in [-0.2, -0.15) is 0 Å². The Kier molecular flexibility index (Phi) is 5.12. The highest BCUT2D eigenvalue weighted by Gasteiger charge is 2.16. The number of carbonyl (C=O) groups excluding carboxylic acids is 2. The number of nitrogens with zero attached hydrogens (tertiary/aromatic N) is 2. The van der Waals surface area contributed by atoms with Crippen LogP contribution < -0.4 is 11.5 Å². The first-order valence-electron chi connectivity index (χ1n) is 5.40. The average Bonchev–Trinajstić information content (AvgIpc) is 2.66. The van der Waals surface area contributed by atoms with Gasteiger partial charge in [0.05, 0.1) is 19.5 Å². The Morgan fingerprint density at radius 3 is 2.83 bits per heavy atom. The molecule has 1 rings (SSSR count). The zero-order valence-electron chi connectivity index (χ0n) is 10.1. The third-order valence-electron chi connectivity index (χ3n) is 2.07. The van der Waals surface area contributed by atoms with Gasteiger partial charge in [-0.25, -0.2) is 9.78 Å². The second-order valence-electron chi connectivity index (χ2n) is 3.41. The van der Waals surface area contributed by atoms with Crippen LogP contribution in [0.15, 0.2) is 6.33 Å². The SMILES string of the molecule is CCOC(=O)c1ncn(CCOCC(N)=O)c1N. The van der Waals surface area contributed by atoms with Crippen LogP contribution in [0, 0.1) is 0 Å². The maximum Gasteiger partial charge on any atom is 0.360 e. The van der Waals surface area contributed by atoms with Crippen LogP contribution in [0.1, 0.15) is 17.4 Å². The highest BCUT2D eigenvalue weighted by molar-refractivity contribution is 5.92. The van der Waals surface area contributed by atoms with E-state index in [0.717, 1.165) is 0 Å². The predicted octanol–water partition coefficient (Wildman–Crippen LogP) is -0.856. The minimum Gasteiger partial charge on any atom is -0.461 e. The zero-order valence-corrected chi connectivity index (χ0v) is 10.1. The second-order valence-corrected chi connectivity index (χ2v) is 3.41. The molecular weight excluding hydrogens is 240 g/mol. The van der Waals surface area contributed by atoms with Crippen molar-refractivity contribution in [2.24, 2.45) is 5.73 Å². The molecule has 8 nitrogen and oxygen atoms in total. The number of aromatic nitrogens is 2. The summed E-state index contributed by atoms with van der Waals surface area (Å²) in [5.74, 6) is -0.899. The molecule has 100 valence electrons. The minimum atomic E-state index is -0.563. The fourth-order valence-electron chi connectivity index (χ4n) is 1.26. The number of hydrogen-bond donors (Lipinski definition) is 2. The van der Waals surface area contributed by atoms with E-state index in [0.29, 0.717) is 6.54 Å². The molecular formula is C10H16N4O4. The summed E-state index contributed by atoms with van der Waals surface area (Å²) >= 11 is 0. The molecule has 0 saturated carbocycles. The summed E-state index contributed by atoms with van der Waals surface area (Å²) in [5.41, 5.74) is 10.7. The van der Waals surface area contributed by atoms with Gasteiger partial charge in [0.2, 0.25) is 5.91 Å². The molecule has 0 aliphatic heterocycles. The molecule has 1 heterocycles. The van der Waals surface area contributed by atoms with Crippen LogP contribution in [0.5, 0.6) is 0 Å². The van der Waals surface area contributed by atoms with E-state index in [9.17, 15) is 9.59 Å². The Morgan fingerprint density at radius 1 is 1.50 bits per heavy atom. The molecule has 0 saturated heterocycles. The first kappa shape index (κ1) is 14.0. The molecule has 8 heteroatoms. The fraction of sp³-hybridized carbons (Fsp3) is 0.500. The lowest BCUT2D eigenvalue weighted by molar-refractivity contribution is -0.122. The van der Waals surface area contributed by atoms with Crippen LogP contribution in [0.25, 0.3) is 0 Å². The van der Waals surface area contributed by atoms with Crippen molar-refractivity contribution in [1.29, 1.82) is 0 Å². The molecule has 0 fully saturated rings. The molecule has 0 atom stereocenters. The number of nitrogens with two attached hydrogens (primary N) is 2.